The van der Waals surface area contributed by atoms with Crippen molar-refractivity contribution in [3.8, 4) is 0 Å². The van der Waals surface area contributed by atoms with Gasteiger partial charge in [-0.2, -0.15) is 0 Å². The maximum Gasteiger partial charge on any atom is 0.272 e. The number of aromatic amines is 1. The summed E-state index contributed by atoms with van der Waals surface area (Å²) in [5.74, 6) is -0.195. The number of carbonyl (C=O) groups excluding carboxylic acids is 1. The average molecular weight is 424 g/mol. The molecule has 7 heteroatoms. The van der Waals surface area contributed by atoms with Crippen molar-refractivity contribution in [3.63, 3.8) is 0 Å². The monoisotopic (exact) mass is 422 g/mol. The van der Waals surface area contributed by atoms with Gasteiger partial charge in [0.2, 0.25) is 0 Å². The number of benzene rings is 1. The average Bonchev–Trinajstić information content (AvgIpc) is 3.03. The second kappa shape index (κ2) is 8.08. The van der Waals surface area contributed by atoms with Crippen molar-refractivity contribution in [1.29, 1.82) is 0 Å². The van der Waals surface area contributed by atoms with Crippen LogP contribution in [-0.2, 0) is 0 Å². The van der Waals surface area contributed by atoms with E-state index in [0.29, 0.717) is 10.7 Å². The van der Waals surface area contributed by atoms with E-state index in [0.717, 1.165) is 48.7 Å². The molecule has 25 heavy (non-hydrogen) atoms. The lowest BCUT2D eigenvalue weighted by Crippen LogP contribution is -2.46. The number of halogens is 2. The number of nitrogens with one attached hydrogen (secondary N) is 2. The van der Waals surface area contributed by atoms with Gasteiger partial charge in [0.15, 0.2) is 0 Å². The van der Waals surface area contributed by atoms with Crippen LogP contribution >= 0.6 is 27.5 Å². The van der Waals surface area contributed by atoms with Crippen molar-refractivity contribution in [1.82, 2.24) is 9.88 Å². The first-order chi connectivity index (χ1) is 12.1. The first-order valence-electron chi connectivity index (χ1n) is 8.11. The number of para-hydroxylation sites is 1. The second-order valence-corrected chi connectivity index (χ2v) is 7.15. The molecule has 1 aromatic carbocycles. The molecule has 1 saturated heterocycles. The number of piperazine rings is 1. The van der Waals surface area contributed by atoms with Crippen LogP contribution in [0.25, 0.3) is 0 Å². The summed E-state index contributed by atoms with van der Waals surface area (Å²) in [5.41, 5.74) is 2.09. The Hall–Kier alpha value is -1.76. The van der Waals surface area contributed by atoms with Crippen LogP contribution in [0.15, 0.2) is 47.6 Å². The van der Waals surface area contributed by atoms with Crippen molar-refractivity contribution in [3.05, 3.63) is 58.3 Å². The summed E-state index contributed by atoms with van der Waals surface area (Å²) in [6.07, 6.45) is 1.92. The number of anilines is 2. The normalized spacial score (nSPS) is 15.2. The lowest BCUT2D eigenvalue weighted by molar-refractivity contribution is 0.102. The molecule has 132 valence electrons. The summed E-state index contributed by atoms with van der Waals surface area (Å²) in [4.78, 5) is 20.0. The summed E-state index contributed by atoms with van der Waals surface area (Å²) in [5, 5.41) is 3.61. The van der Waals surface area contributed by atoms with Crippen LogP contribution in [0.1, 0.15) is 10.5 Å². The van der Waals surface area contributed by atoms with Gasteiger partial charge >= 0.3 is 0 Å². The maximum atomic E-state index is 12.5. The fourth-order valence-corrected chi connectivity index (χ4v) is 3.60. The Morgan fingerprint density at radius 1 is 1.28 bits per heavy atom. The predicted molar refractivity (Wildman–Crippen MR) is 107 cm³/mol. The summed E-state index contributed by atoms with van der Waals surface area (Å²) in [7, 11) is 0. The number of hydrogen-bond donors (Lipinski definition) is 2. The highest BCUT2D eigenvalue weighted by molar-refractivity contribution is 9.10. The molecule has 0 bridgehead atoms. The van der Waals surface area contributed by atoms with Crippen LogP contribution in [0.4, 0.5) is 11.4 Å². The Bertz CT molecular complexity index is 768. The molecular formula is C18H20BrClN4O. The molecule has 1 fully saturated rings. The lowest BCUT2D eigenvalue weighted by atomic mass is 10.2. The van der Waals surface area contributed by atoms with E-state index in [1.165, 1.54) is 0 Å². The third kappa shape index (κ3) is 4.26. The molecule has 5 nitrogen and oxygen atoms in total. The van der Waals surface area contributed by atoms with Crippen molar-refractivity contribution in [2.45, 2.75) is 0 Å². The predicted octanol–water partition coefficient (Wildman–Crippen LogP) is 3.99. The quantitative estimate of drug-likeness (QED) is 0.715. The van der Waals surface area contributed by atoms with Crippen LogP contribution in [0.5, 0.6) is 0 Å². The zero-order chi connectivity index (χ0) is 17.8. The Labute approximate surface area is 160 Å². The summed E-state index contributed by atoms with van der Waals surface area (Å²) in [6, 6.07) is 9.12. The Kier molecular flexibility index (Phi) is 5.83. The van der Waals surface area contributed by atoms with E-state index >= 15 is 0 Å². The molecule has 0 radical (unpaired) electrons. The molecule has 0 atom stereocenters. The number of carbonyl (C=O) groups is 1. The standard InChI is InChI=1S/C18H20BrClN4O/c1-2-8-23-9-11-24(12-10-23)17-13(20)4-3-5-14(17)22-18(25)15-6-7-16(19)21-15/h2-7,21H,1,8-12H2,(H,22,25). The minimum absolute atomic E-state index is 0.195. The number of amides is 1. The van der Waals surface area contributed by atoms with Gasteiger partial charge in [-0.3, -0.25) is 9.69 Å². The molecule has 2 N–H and O–H groups in total. The third-order valence-corrected chi connectivity index (χ3v) is 4.97. The van der Waals surface area contributed by atoms with Gasteiger partial charge in [-0.25, -0.2) is 0 Å². The maximum absolute atomic E-state index is 12.5. The first-order valence-corrected chi connectivity index (χ1v) is 9.28. The lowest BCUT2D eigenvalue weighted by Gasteiger charge is -2.36. The van der Waals surface area contributed by atoms with Gasteiger partial charge in [-0.05, 0) is 40.2 Å². The number of H-pyrrole nitrogens is 1. The van der Waals surface area contributed by atoms with E-state index in [4.69, 9.17) is 11.6 Å². The van der Waals surface area contributed by atoms with Gasteiger partial charge < -0.3 is 15.2 Å². The zero-order valence-corrected chi connectivity index (χ0v) is 16.1. The SMILES string of the molecule is C=CCN1CCN(c2c(Cl)cccc2NC(=O)c2ccc(Br)[nH]2)CC1. The van der Waals surface area contributed by atoms with Crippen LogP contribution < -0.4 is 10.2 Å². The fraction of sp³-hybridized carbons (Fsp3) is 0.278. The van der Waals surface area contributed by atoms with Crippen molar-refractivity contribution >= 4 is 44.8 Å². The van der Waals surface area contributed by atoms with Crippen molar-refractivity contribution < 1.29 is 4.79 Å². The van der Waals surface area contributed by atoms with Gasteiger partial charge in [0.1, 0.15) is 5.69 Å². The van der Waals surface area contributed by atoms with E-state index in [1.54, 1.807) is 12.1 Å². The molecule has 0 unspecified atom stereocenters. The highest BCUT2D eigenvalue weighted by atomic mass is 79.9. The summed E-state index contributed by atoms with van der Waals surface area (Å²) in [6.45, 7) is 8.27. The number of rotatable bonds is 5. The second-order valence-electron chi connectivity index (χ2n) is 5.89. The Balaban J connectivity index is 1.78. The third-order valence-electron chi connectivity index (χ3n) is 4.21. The van der Waals surface area contributed by atoms with E-state index in [9.17, 15) is 4.79 Å². The number of aromatic nitrogens is 1. The molecular weight excluding hydrogens is 404 g/mol. The van der Waals surface area contributed by atoms with Crippen molar-refractivity contribution in [2.75, 3.05) is 42.9 Å². The Morgan fingerprint density at radius 3 is 2.68 bits per heavy atom. The molecule has 1 aliphatic rings. The summed E-state index contributed by atoms with van der Waals surface area (Å²) >= 11 is 9.77. The Morgan fingerprint density at radius 2 is 2.04 bits per heavy atom. The highest BCUT2D eigenvalue weighted by Crippen LogP contribution is 2.34. The van der Waals surface area contributed by atoms with Crippen LogP contribution in [-0.4, -0.2) is 48.5 Å². The van der Waals surface area contributed by atoms with Crippen molar-refractivity contribution in [2.24, 2.45) is 0 Å². The topological polar surface area (TPSA) is 51.4 Å². The number of nitrogens with zero attached hydrogens (tertiary/aromatic N) is 2. The van der Waals surface area contributed by atoms with E-state index < -0.39 is 0 Å². The van der Waals surface area contributed by atoms with Gasteiger partial charge in [0.05, 0.1) is 21.0 Å². The molecule has 0 aliphatic carbocycles. The van der Waals surface area contributed by atoms with Gasteiger partial charge in [0, 0.05) is 32.7 Å². The van der Waals surface area contributed by atoms with Crippen LogP contribution in [0.3, 0.4) is 0 Å². The van der Waals surface area contributed by atoms with Gasteiger partial charge in [-0.15, -0.1) is 6.58 Å². The summed E-state index contributed by atoms with van der Waals surface area (Å²) < 4.78 is 0.766. The van der Waals surface area contributed by atoms with Crippen LogP contribution in [0, 0.1) is 0 Å². The molecule has 1 aliphatic heterocycles. The first kappa shape index (κ1) is 18.0. The fourth-order valence-electron chi connectivity index (χ4n) is 2.96. The zero-order valence-electron chi connectivity index (χ0n) is 13.8. The molecule has 2 aromatic rings. The minimum atomic E-state index is -0.195. The van der Waals surface area contributed by atoms with E-state index in [-0.39, 0.29) is 5.91 Å². The minimum Gasteiger partial charge on any atom is -0.366 e. The smallest absolute Gasteiger partial charge is 0.272 e. The molecule has 1 aromatic heterocycles. The highest BCUT2D eigenvalue weighted by Gasteiger charge is 2.22. The van der Waals surface area contributed by atoms with Gasteiger partial charge in [0.25, 0.3) is 5.91 Å². The molecule has 0 saturated carbocycles. The van der Waals surface area contributed by atoms with E-state index in [1.807, 2.05) is 24.3 Å². The largest absolute Gasteiger partial charge is 0.366 e. The van der Waals surface area contributed by atoms with Crippen LogP contribution in [0.2, 0.25) is 5.02 Å². The molecule has 2 heterocycles. The molecule has 3 rings (SSSR count). The molecule has 1 amide bonds. The van der Waals surface area contributed by atoms with Gasteiger partial charge in [-0.1, -0.05) is 23.7 Å². The van der Waals surface area contributed by atoms with E-state index in [2.05, 4.69) is 42.6 Å². The number of hydrogen-bond acceptors (Lipinski definition) is 3. The molecule has 0 spiro atoms.